The van der Waals surface area contributed by atoms with Gasteiger partial charge in [-0.25, -0.2) is 14.5 Å². The molecule has 8 nitrogen and oxygen atoms in total. The van der Waals surface area contributed by atoms with Gasteiger partial charge in [0.05, 0.1) is 0 Å². The fraction of sp³-hybridized carbons (Fsp3) is 0.700. The van der Waals surface area contributed by atoms with Gasteiger partial charge >= 0.3 is 12.1 Å². The topological polar surface area (TPSA) is 135 Å². The molecule has 0 aromatic carbocycles. The fourth-order valence-electron chi connectivity index (χ4n) is 1.29. The van der Waals surface area contributed by atoms with Crippen molar-refractivity contribution < 1.29 is 34.8 Å². The summed E-state index contributed by atoms with van der Waals surface area (Å²) in [7, 11) is 0. The Hall–Kier alpha value is -1.32. The fourth-order valence-corrected chi connectivity index (χ4v) is 1.97. The van der Waals surface area contributed by atoms with Gasteiger partial charge in [-0.05, 0) is 24.9 Å². The van der Waals surface area contributed by atoms with Crippen LogP contribution in [0.4, 0.5) is 4.79 Å². The Morgan fingerprint density at radius 3 is 2.11 bits per heavy atom. The molecular weight excluding hydrogens is 278 g/mol. The number of hydrogen-bond donors (Lipinski definition) is 4. The van der Waals surface area contributed by atoms with E-state index in [1.807, 2.05) is 6.92 Å². The van der Waals surface area contributed by atoms with Crippen LogP contribution in [-0.4, -0.2) is 66.6 Å². The number of carboxylic acids is 1. The minimum atomic E-state index is -2.94. The second-order valence-corrected chi connectivity index (χ2v) is 5.21. The van der Waals surface area contributed by atoms with Crippen molar-refractivity contribution in [3.8, 4) is 0 Å². The third kappa shape index (κ3) is 5.45. The molecule has 19 heavy (non-hydrogen) atoms. The highest BCUT2D eigenvalue weighted by Crippen LogP contribution is 2.15. The van der Waals surface area contributed by atoms with E-state index in [1.54, 1.807) is 0 Å². The number of carbonyl (C=O) groups is 3. The summed E-state index contributed by atoms with van der Waals surface area (Å²) >= 11 is 1.38. The minimum absolute atomic E-state index is 0.0570. The van der Waals surface area contributed by atoms with Crippen LogP contribution in [0.2, 0.25) is 0 Å². The zero-order valence-electron chi connectivity index (χ0n) is 10.6. The third-order valence-electron chi connectivity index (χ3n) is 2.17. The van der Waals surface area contributed by atoms with E-state index in [0.717, 1.165) is 0 Å². The largest absolute Gasteiger partial charge is 0.480 e. The first kappa shape index (κ1) is 17.7. The molecule has 0 saturated heterocycles. The van der Waals surface area contributed by atoms with Gasteiger partial charge in [-0.2, -0.15) is 11.8 Å². The molecule has 0 bridgehead atoms. The van der Waals surface area contributed by atoms with Crippen LogP contribution in [0.3, 0.4) is 0 Å². The standard InChI is InChI=1S/C10H17NO7S/c1-3-19-5-4-6(7(12)13)11(9(15)16)8(14)10(2,17)18/h6,17-18H,3-5H2,1-2H3,(H,12,13)(H,15,16). The highest BCUT2D eigenvalue weighted by Gasteiger charge is 2.42. The molecule has 2 amide bonds. The molecule has 110 valence electrons. The van der Waals surface area contributed by atoms with Gasteiger partial charge in [0.15, 0.2) is 0 Å². The predicted octanol–water partition coefficient (Wildman–Crippen LogP) is -0.210. The van der Waals surface area contributed by atoms with Crippen molar-refractivity contribution in [1.29, 1.82) is 0 Å². The molecule has 0 spiro atoms. The maximum atomic E-state index is 11.6. The van der Waals surface area contributed by atoms with Crippen LogP contribution in [0, 0.1) is 0 Å². The Kier molecular flexibility index (Phi) is 6.81. The second kappa shape index (κ2) is 7.31. The van der Waals surface area contributed by atoms with E-state index in [4.69, 9.17) is 20.4 Å². The van der Waals surface area contributed by atoms with Crippen LogP contribution in [-0.2, 0) is 9.59 Å². The van der Waals surface area contributed by atoms with Crippen LogP contribution in [0.5, 0.6) is 0 Å². The molecule has 9 heteroatoms. The number of nitrogens with zero attached hydrogens (tertiary/aromatic N) is 1. The Labute approximate surface area is 114 Å². The first-order valence-corrected chi connectivity index (χ1v) is 6.60. The van der Waals surface area contributed by atoms with Gasteiger partial charge in [-0.15, -0.1) is 0 Å². The van der Waals surface area contributed by atoms with Gasteiger partial charge in [0.25, 0.3) is 5.91 Å². The number of aliphatic hydroxyl groups is 2. The van der Waals surface area contributed by atoms with Crippen molar-refractivity contribution in [1.82, 2.24) is 4.90 Å². The molecule has 0 rings (SSSR count). The number of carboxylic acid groups (broad SMARTS) is 2. The molecule has 0 aromatic heterocycles. The highest BCUT2D eigenvalue weighted by molar-refractivity contribution is 7.99. The summed E-state index contributed by atoms with van der Waals surface area (Å²) in [5.74, 6) is -5.00. The minimum Gasteiger partial charge on any atom is -0.480 e. The Morgan fingerprint density at radius 2 is 1.79 bits per heavy atom. The van der Waals surface area contributed by atoms with Crippen molar-refractivity contribution in [2.75, 3.05) is 11.5 Å². The summed E-state index contributed by atoms with van der Waals surface area (Å²) in [6.07, 6.45) is -1.95. The van der Waals surface area contributed by atoms with Crippen molar-refractivity contribution in [3.05, 3.63) is 0 Å². The van der Waals surface area contributed by atoms with E-state index in [-0.39, 0.29) is 11.3 Å². The Bertz CT molecular complexity index is 352. The smallest absolute Gasteiger partial charge is 0.415 e. The molecule has 0 heterocycles. The first-order valence-electron chi connectivity index (χ1n) is 5.44. The normalized spacial score (nSPS) is 12.8. The zero-order valence-corrected chi connectivity index (χ0v) is 11.4. The van der Waals surface area contributed by atoms with Crippen molar-refractivity contribution >= 4 is 29.7 Å². The third-order valence-corrected chi connectivity index (χ3v) is 3.10. The summed E-state index contributed by atoms with van der Waals surface area (Å²) in [4.78, 5) is 33.5. The molecular formula is C10H17NO7S. The lowest BCUT2D eigenvalue weighted by atomic mass is 10.1. The van der Waals surface area contributed by atoms with Crippen LogP contribution >= 0.6 is 11.8 Å². The van der Waals surface area contributed by atoms with Gasteiger partial charge in [-0.1, -0.05) is 6.92 Å². The van der Waals surface area contributed by atoms with Gasteiger partial charge < -0.3 is 20.4 Å². The van der Waals surface area contributed by atoms with E-state index < -0.39 is 29.8 Å². The number of rotatable bonds is 7. The van der Waals surface area contributed by atoms with Crippen molar-refractivity contribution in [3.63, 3.8) is 0 Å². The van der Waals surface area contributed by atoms with Crippen LogP contribution in [0.1, 0.15) is 20.3 Å². The number of carbonyl (C=O) groups excluding carboxylic acids is 1. The SMILES string of the molecule is CCSCCC(C(=O)O)N(C(=O)O)C(=O)C(C)(O)O. The summed E-state index contributed by atoms with van der Waals surface area (Å²) in [6.45, 7) is 2.52. The average molecular weight is 295 g/mol. The van der Waals surface area contributed by atoms with E-state index in [9.17, 15) is 14.4 Å². The van der Waals surface area contributed by atoms with Crippen LogP contribution in [0.15, 0.2) is 0 Å². The summed E-state index contributed by atoms with van der Waals surface area (Å²) in [6, 6.07) is -1.65. The zero-order chi connectivity index (χ0) is 15.2. The van der Waals surface area contributed by atoms with Crippen molar-refractivity contribution in [2.24, 2.45) is 0 Å². The molecule has 1 atom stereocenters. The number of amides is 2. The van der Waals surface area contributed by atoms with E-state index in [2.05, 4.69) is 0 Å². The van der Waals surface area contributed by atoms with Crippen LogP contribution in [0.25, 0.3) is 0 Å². The van der Waals surface area contributed by atoms with Gasteiger partial charge in [0.1, 0.15) is 6.04 Å². The Morgan fingerprint density at radius 1 is 1.26 bits per heavy atom. The molecule has 0 aromatic rings. The monoisotopic (exact) mass is 295 g/mol. The van der Waals surface area contributed by atoms with E-state index in [1.165, 1.54) is 11.8 Å². The lowest BCUT2D eigenvalue weighted by Gasteiger charge is -2.28. The number of thioether (sulfide) groups is 1. The molecule has 0 aliphatic heterocycles. The number of hydrogen-bond acceptors (Lipinski definition) is 6. The van der Waals surface area contributed by atoms with Gasteiger partial charge in [0.2, 0.25) is 5.79 Å². The summed E-state index contributed by atoms with van der Waals surface area (Å²) < 4.78 is 0. The molecule has 1 unspecified atom stereocenters. The molecule has 0 fully saturated rings. The summed E-state index contributed by atoms with van der Waals surface area (Å²) in [5, 5.41) is 36.1. The summed E-state index contributed by atoms with van der Waals surface area (Å²) in [5.41, 5.74) is 0. The Balaban J connectivity index is 5.14. The van der Waals surface area contributed by atoms with Crippen molar-refractivity contribution in [2.45, 2.75) is 32.1 Å². The molecule has 0 radical (unpaired) electrons. The van der Waals surface area contributed by atoms with Gasteiger partial charge in [-0.3, -0.25) is 4.79 Å². The number of imide groups is 1. The lowest BCUT2D eigenvalue weighted by Crippen LogP contribution is -2.56. The molecule has 0 aliphatic carbocycles. The quantitative estimate of drug-likeness (QED) is 0.374. The van der Waals surface area contributed by atoms with Gasteiger partial charge in [0, 0.05) is 0 Å². The predicted molar refractivity (Wildman–Crippen MR) is 66.8 cm³/mol. The second-order valence-electron chi connectivity index (χ2n) is 3.82. The lowest BCUT2D eigenvalue weighted by molar-refractivity contribution is -0.190. The van der Waals surface area contributed by atoms with E-state index in [0.29, 0.717) is 18.4 Å². The number of aliphatic carboxylic acids is 1. The maximum absolute atomic E-state index is 11.6. The highest BCUT2D eigenvalue weighted by atomic mass is 32.2. The first-order chi connectivity index (χ1) is 8.62. The maximum Gasteiger partial charge on any atom is 0.415 e. The van der Waals surface area contributed by atoms with E-state index >= 15 is 0 Å². The molecule has 0 aliphatic rings. The van der Waals surface area contributed by atoms with Crippen LogP contribution < -0.4 is 0 Å². The average Bonchev–Trinajstić information content (AvgIpc) is 2.25. The molecule has 0 saturated carbocycles. The molecule has 4 N–H and O–H groups in total.